The summed E-state index contributed by atoms with van der Waals surface area (Å²) in [4.78, 5) is 12.4. The van der Waals surface area contributed by atoms with Crippen LogP contribution in [0.3, 0.4) is 0 Å². The maximum atomic E-state index is 12.4. The Labute approximate surface area is 196 Å². The Bertz CT molecular complexity index is 1020. The van der Waals surface area contributed by atoms with E-state index in [0.29, 0.717) is 31.8 Å². The second-order valence-electron chi connectivity index (χ2n) is 7.70. The molecule has 0 saturated carbocycles. The Hall–Kier alpha value is -3.53. The molecule has 0 saturated heterocycles. The molecular formula is C29H32O4. The number of benzene rings is 3. The van der Waals surface area contributed by atoms with Gasteiger partial charge in [-0.05, 0) is 66.8 Å². The molecule has 0 aromatic heterocycles. The highest BCUT2D eigenvalue weighted by atomic mass is 16.6. The summed E-state index contributed by atoms with van der Waals surface area (Å²) in [5.74, 6) is 1.03. The van der Waals surface area contributed by atoms with Crippen molar-refractivity contribution >= 4 is 12.0 Å². The van der Waals surface area contributed by atoms with Gasteiger partial charge in [0.05, 0.1) is 6.61 Å². The van der Waals surface area contributed by atoms with Gasteiger partial charge in [-0.1, -0.05) is 74.5 Å². The summed E-state index contributed by atoms with van der Waals surface area (Å²) in [5.41, 5.74) is 2.57. The summed E-state index contributed by atoms with van der Waals surface area (Å²) in [6.45, 7) is 6.45. The molecule has 0 aliphatic rings. The van der Waals surface area contributed by atoms with Crippen LogP contribution in [0, 0.1) is 0 Å². The fourth-order valence-corrected chi connectivity index (χ4v) is 3.56. The second-order valence-corrected chi connectivity index (χ2v) is 7.70. The molecule has 0 radical (unpaired) electrons. The number of rotatable bonds is 11. The van der Waals surface area contributed by atoms with Crippen LogP contribution in [0.1, 0.15) is 39.2 Å². The van der Waals surface area contributed by atoms with Crippen molar-refractivity contribution in [1.29, 1.82) is 0 Å². The molecular weight excluding hydrogens is 412 g/mol. The number of carbonyl (C=O) groups is 1. The number of hydrogen-bond donors (Lipinski definition) is 0. The molecule has 0 aliphatic heterocycles. The van der Waals surface area contributed by atoms with Crippen molar-refractivity contribution in [1.82, 2.24) is 0 Å². The van der Waals surface area contributed by atoms with Crippen LogP contribution >= 0.6 is 0 Å². The van der Waals surface area contributed by atoms with E-state index < -0.39 is 5.60 Å². The average Bonchev–Trinajstić information content (AvgIpc) is 2.87. The van der Waals surface area contributed by atoms with Gasteiger partial charge >= 0.3 is 5.97 Å². The van der Waals surface area contributed by atoms with Crippen molar-refractivity contribution in [3.8, 4) is 22.6 Å². The van der Waals surface area contributed by atoms with E-state index in [4.69, 9.17) is 14.2 Å². The van der Waals surface area contributed by atoms with Gasteiger partial charge < -0.3 is 14.2 Å². The highest BCUT2D eigenvalue weighted by molar-refractivity contribution is 5.80. The number of ether oxygens (including phenoxy) is 3. The van der Waals surface area contributed by atoms with E-state index in [9.17, 15) is 4.79 Å². The van der Waals surface area contributed by atoms with E-state index in [-0.39, 0.29) is 5.97 Å². The smallest absolute Gasteiger partial charge is 0.350 e. The van der Waals surface area contributed by atoms with Gasteiger partial charge in [0.1, 0.15) is 18.1 Å². The van der Waals surface area contributed by atoms with Gasteiger partial charge in [-0.25, -0.2) is 4.79 Å². The number of hydrogen-bond acceptors (Lipinski definition) is 4. The minimum absolute atomic E-state index is 0.322. The third-order valence-corrected chi connectivity index (χ3v) is 5.60. The summed E-state index contributed by atoms with van der Waals surface area (Å²) in [7, 11) is 0. The van der Waals surface area contributed by atoms with E-state index in [1.165, 1.54) is 11.1 Å². The third kappa shape index (κ3) is 6.48. The largest absolute Gasteiger partial charge is 0.490 e. The van der Waals surface area contributed by atoms with Gasteiger partial charge in [-0.15, -0.1) is 0 Å². The summed E-state index contributed by atoms with van der Waals surface area (Å²) >= 11 is 0. The SMILES string of the molecule is CCOC(=O)C(CC)(CC)Oc1ccc(OC/C=C/c2ccc(-c3ccccc3)cc2)cc1. The highest BCUT2D eigenvalue weighted by Crippen LogP contribution is 2.28. The first kappa shape index (κ1) is 24.1. The Balaban J connectivity index is 1.53. The normalized spacial score (nSPS) is 11.4. The predicted octanol–water partition coefficient (Wildman–Crippen LogP) is 6.95. The lowest BCUT2D eigenvalue weighted by molar-refractivity contribution is -0.162. The van der Waals surface area contributed by atoms with Gasteiger partial charge in [-0.3, -0.25) is 0 Å². The lowest BCUT2D eigenvalue weighted by Crippen LogP contribution is -2.44. The molecule has 0 bridgehead atoms. The van der Waals surface area contributed by atoms with Crippen molar-refractivity contribution in [2.75, 3.05) is 13.2 Å². The molecule has 0 aliphatic carbocycles. The van der Waals surface area contributed by atoms with Crippen LogP contribution in [-0.4, -0.2) is 24.8 Å². The Morgan fingerprint density at radius 2 is 1.39 bits per heavy atom. The van der Waals surface area contributed by atoms with Crippen molar-refractivity contribution in [3.05, 3.63) is 90.5 Å². The topological polar surface area (TPSA) is 44.8 Å². The van der Waals surface area contributed by atoms with Crippen LogP contribution in [0.2, 0.25) is 0 Å². The van der Waals surface area contributed by atoms with Gasteiger partial charge in [-0.2, -0.15) is 0 Å². The zero-order valence-corrected chi connectivity index (χ0v) is 19.6. The lowest BCUT2D eigenvalue weighted by atomic mass is 9.97. The Morgan fingerprint density at radius 3 is 2.00 bits per heavy atom. The van der Waals surface area contributed by atoms with E-state index in [2.05, 4.69) is 36.4 Å². The molecule has 0 unspecified atom stereocenters. The molecule has 172 valence electrons. The first-order chi connectivity index (χ1) is 16.1. The molecule has 0 spiro atoms. The average molecular weight is 445 g/mol. The van der Waals surface area contributed by atoms with Gasteiger partial charge in [0.25, 0.3) is 0 Å². The van der Waals surface area contributed by atoms with Crippen molar-refractivity contribution in [3.63, 3.8) is 0 Å². The molecule has 0 heterocycles. The number of carbonyl (C=O) groups excluding carboxylic acids is 1. The molecule has 0 N–H and O–H groups in total. The first-order valence-corrected chi connectivity index (χ1v) is 11.5. The monoisotopic (exact) mass is 444 g/mol. The maximum absolute atomic E-state index is 12.4. The molecule has 0 atom stereocenters. The van der Waals surface area contributed by atoms with E-state index in [1.807, 2.05) is 68.5 Å². The van der Waals surface area contributed by atoms with Gasteiger partial charge in [0.2, 0.25) is 5.60 Å². The van der Waals surface area contributed by atoms with Crippen LogP contribution in [0.25, 0.3) is 17.2 Å². The molecule has 33 heavy (non-hydrogen) atoms. The van der Waals surface area contributed by atoms with Gasteiger partial charge in [0, 0.05) is 0 Å². The molecule has 3 aromatic carbocycles. The standard InChI is InChI=1S/C29H32O4/c1-4-29(5-2,28(30)31-6-3)33-27-20-18-26(19-21-27)32-22-10-11-23-14-16-25(17-15-23)24-12-8-7-9-13-24/h7-21H,4-6,22H2,1-3H3/b11-10+. The lowest BCUT2D eigenvalue weighted by Gasteiger charge is -2.30. The van der Waals surface area contributed by atoms with Crippen LogP contribution in [-0.2, 0) is 9.53 Å². The Morgan fingerprint density at radius 1 is 0.788 bits per heavy atom. The first-order valence-electron chi connectivity index (χ1n) is 11.5. The summed E-state index contributed by atoms with van der Waals surface area (Å²) < 4.78 is 17.1. The quantitative estimate of drug-likeness (QED) is 0.300. The molecule has 0 fully saturated rings. The minimum atomic E-state index is -0.961. The van der Waals surface area contributed by atoms with Crippen LogP contribution in [0.5, 0.6) is 11.5 Å². The van der Waals surface area contributed by atoms with E-state index >= 15 is 0 Å². The summed E-state index contributed by atoms with van der Waals surface area (Å²) in [6, 6.07) is 26.1. The third-order valence-electron chi connectivity index (χ3n) is 5.60. The fourth-order valence-electron chi connectivity index (χ4n) is 3.56. The van der Waals surface area contributed by atoms with Gasteiger partial charge in [0.15, 0.2) is 0 Å². The van der Waals surface area contributed by atoms with E-state index in [0.717, 1.165) is 11.3 Å². The van der Waals surface area contributed by atoms with E-state index in [1.54, 1.807) is 6.92 Å². The fraction of sp³-hybridized carbons (Fsp3) is 0.276. The highest BCUT2D eigenvalue weighted by Gasteiger charge is 2.39. The molecule has 4 nitrogen and oxygen atoms in total. The zero-order valence-electron chi connectivity index (χ0n) is 19.6. The predicted molar refractivity (Wildman–Crippen MR) is 133 cm³/mol. The molecule has 3 rings (SSSR count). The van der Waals surface area contributed by atoms with Crippen LogP contribution < -0.4 is 9.47 Å². The summed E-state index contributed by atoms with van der Waals surface area (Å²) in [6.07, 6.45) is 5.11. The second kappa shape index (κ2) is 11.9. The van der Waals surface area contributed by atoms with Crippen molar-refractivity contribution in [2.24, 2.45) is 0 Å². The minimum Gasteiger partial charge on any atom is -0.490 e. The van der Waals surface area contributed by atoms with Crippen molar-refractivity contribution < 1.29 is 19.0 Å². The van der Waals surface area contributed by atoms with Crippen LogP contribution in [0.15, 0.2) is 84.9 Å². The zero-order chi connectivity index (χ0) is 23.5. The molecule has 3 aromatic rings. The van der Waals surface area contributed by atoms with Crippen LogP contribution in [0.4, 0.5) is 0 Å². The molecule has 0 amide bonds. The summed E-state index contributed by atoms with van der Waals surface area (Å²) in [5, 5.41) is 0. The van der Waals surface area contributed by atoms with Crippen molar-refractivity contribution in [2.45, 2.75) is 39.2 Å². The molecule has 4 heteroatoms. The Kier molecular flexibility index (Phi) is 8.71. The maximum Gasteiger partial charge on any atom is 0.350 e. The number of esters is 1.